The highest BCUT2D eigenvalue weighted by molar-refractivity contribution is 5.79. The molecule has 0 radical (unpaired) electrons. The molecule has 16 heavy (non-hydrogen) atoms. The lowest BCUT2D eigenvalue weighted by molar-refractivity contribution is -0.126. The number of amides is 1. The first-order valence-electron chi connectivity index (χ1n) is 6.71. The average Bonchev–Trinajstić information content (AvgIpc) is 2.43. The highest BCUT2D eigenvalue weighted by Crippen LogP contribution is 2.22. The fraction of sp³-hybridized carbons (Fsp3) is 0.923. The molecule has 0 aromatic carbocycles. The summed E-state index contributed by atoms with van der Waals surface area (Å²) in [5.41, 5.74) is 6.07. The van der Waals surface area contributed by atoms with Crippen LogP contribution < -0.4 is 11.1 Å². The van der Waals surface area contributed by atoms with Gasteiger partial charge in [0, 0.05) is 12.1 Å². The van der Waals surface area contributed by atoms with Gasteiger partial charge in [-0.1, -0.05) is 32.6 Å². The minimum Gasteiger partial charge on any atom is -0.353 e. The fourth-order valence-corrected chi connectivity index (χ4v) is 2.52. The summed E-state index contributed by atoms with van der Waals surface area (Å²) in [5, 5.41) is 3.09. The Hall–Kier alpha value is -0.570. The van der Waals surface area contributed by atoms with Crippen LogP contribution in [0.3, 0.4) is 0 Å². The van der Waals surface area contributed by atoms with Gasteiger partial charge < -0.3 is 11.1 Å². The number of carbonyl (C=O) groups is 1. The van der Waals surface area contributed by atoms with Gasteiger partial charge in [-0.2, -0.15) is 0 Å². The first kappa shape index (κ1) is 13.5. The van der Waals surface area contributed by atoms with E-state index in [-0.39, 0.29) is 23.9 Å². The van der Waals surface area contributed by atoms with Crippen LogP contribution in [0.5, 0.6) is 0 Å². The maximum Gasteiger partial charge on any atom is 0.224 e. The van der Waals surface area contributed by atoms with Crippen molar-refractivity contribution in [2.75, 3.05) is 0 Å². The third-order valence-corrected chi connectivity index (χ3v) is 3.52. The molecule has 1 aliphatic carbocycles. The zero-order valence-corrected chi connectivity index (χ0v) is 10.7. The van der Waals surface area contributed by atoms with Crippen LogP contribution in [0.25, 0.3) is 0 Å². The number of hydrogen-bond acceptors (Lipinski definition) is 2. The Labute approximate surface area is 99.2 Å². The molecule has 3 unspecified atom stereocenters. The van der Waals surface area contributed by atoms with Crippen LogP contribution in [0.15, 0.2) is 0 Å². The molecule has 0 spiro atoms. The van der Waals surface area contributed by atoms with Gasteiger partial charge in [0.1, 0.15) is 0 Å². The van der Waals surface area contributed by atoms with Gasteiger partial charge in [0.2, 0.25) is 5.91 Å². The summed E-state index contributed by atoms with van der Waals surface area (Å²) >= 11 is 0. The Morgan fingerprint density at radius 2 is 2.06 bits per heavy atom. The van der Waals surface area contributed by atoms with E-state index in [1.807, 2.05) is 0 Å². The Morgan fingerprint density at radius 1 is 1.38 bits per heavy atom. The summed E-state index contributed by atoms with van der Waals surface area (Å²) in [4.78, 5) is 12.1. The van der Waals surface area contributed by atoms with Crippen molar-refractivity contribution in [3.05, 3.63) is 0 Å². The molecule has 0 aromatic heterocycles. The zero-order chi connectivity index (χ0) is 12.0. The smallest absolute Gasteiger partial charge is 0.224 e. The number of hydrogen-bond donors (Lipinski definition) is 2. The molecule has 0 aliphatic heterocycles. The summed E-state index contributed by atoms with van der Waals surface area (Å²) in [6.45, 7) is 4.21. The molecule has 3 N–H and O–H groups in total. The van der Waals surface area contributed by atoms with Gasteiger partial charge >= 0.3 is 0 Å². The van der Waals surface area contributed by atoms with Crippen LogP contribution in [-0.2, 0) is 4.79 Å². The number of carbonyl (C=O) groups excluding carboxylic acids is 1. The van der Waals surface area contributed by atoms with Crippen molar-refractivity contribution in [3.63, 3.8) is 0 Å². The second kappa shape index (κ2) is 6.89. The second-order valence-corrected chi connectivity index (χ2v) is 5.11. The van der Waals surface area contributed by atoms with E-state index >= 15 is 0 Å². The first-order valence-corrected chi connectivity index (χ1v) is 6.71. The summed E-state index contributed by atoms with van der Waals surface area (Å²) in [7, 11) is 0. The van der Waals surface area contributed by atoms with E-state index in [4.69, 9.17) is 5.73 Å². The van der Waals surface area contributed by atoms with Gasteiger partial charge in [0.05, 0.1) is 5.92 Å². The fourth-order valence-electron chi connectivity index (χ4n) is 2.52. The quantitative estimate of drug-likeness (QED) is 0.722. The molecule has 3 heteroatoms. The number of rotatable bonds is 4. The zero-order valence-electron chi connectivity index (χ0n) is 10.7. The SMILES string of the molecule is CCCC(C)NC(=O)C1CCCCCC1N. The van der Waals surface area contributed by atoms with Gasteiger partial charge in [0.25, 0.3) is 0 Å². The van der Waals surface area contributed by atoms with E-state index < -0.39 is 0 Å². The number of nitrogens with one attached hydrogen (secondary N) is 1. The lowest BCUT2D eigenvalue weighted by Crippen LogP contribution is -2.44. The van der Waals surface area contributed by atoms with Gasteiger partial charge in [-0.25, -0.2) is 0 Å². The Balaban J connectivity index is 2.44. The molecule has 0 saturated heterocycles. The van der Waals surface area contributed by atoms with Crippen LogP contribution in [0.2, 0.25) is 0 Å². The van der Waals surface area contributed by atoms with Crippen molar-refractivity contribution in [1.82, 2.24) is 5.32 Å². The largest absolute Gasteiger partial charge is 0.353 e. The molecule has 1 amide bonds. The summed E-state index contributed by atoms with van der Waals surface area (Å²) in [6.07, 6.45) is 7.67. The van der Waals surface area contributed by atoms with Crippen molar-refractivity contribution in [2.24, 2.45) is 11.7 Å². The summed E-state index contributed by atoms with van der Waals surface area (Å²) in [5.74, 6) is 0.220. The molecular formula is C13H26N2O. The predicted octanol–water partition coefficient (Wildman–Crippen LogP) is 2.20. The normalized spacial score (nSPS) is 28.2. The van der Waals surface area contributed by atoms with E-state index in [0.717, 1.165) is 32.1 Å². The second-order valence-electron chi connectivity index (χ2n) is 5.11. The molecule has 1 aliphatic rings. The molecule has 0 aromatic rings. The van der Waals surface area contributed by atoms with E-state index in [2.05, 4.69) is 19.2 Å². The Bertz CT molecular complexity index is 218. The van der Waals surface area contributed by atoms with Gasteiger partial charge in [0.15, 0.2) is 0 Å². The monoisotopic (exact) mass is 226 g/mol. The van der Waals surface area contributed by atoms with Crippen LogP contribution in [0, 0.1) is 5.92 Å². The van der Waals surface area contributed by atoms with Gasteiger partial charge in [-0.05, 0) is 26.2 Å². The third kappa shape index (κ3) is 4.12. The Kier molecular flexibility index (Phi) is 5.81. The molecule has 1 saturated carbocycles. The standard InChI is InChI=1S/C13H26N2O/c1-3-7-10(2)15-13(16)11-8-5-4-6-9-12(11)14/h10-12H,3-9,14H2,1-2H3,(H,15,16). The predicted molar refractivity (Wildman–Crippen MR) is 67.1 cm³/mol. The van der Waals surface area contributed by atoms with E-state index in [9.17, 15) is 4.79 Å². The maximum atomic E-state index is 12.1. The average molecular weight is 226 g/mol. The summed E-state index contributed by atoms with van der Waals surface area (Å²) < 4.78 is 0. The molecule has 94 valence electrons. The van der Waals surface area contributed by atoms with Crippen molar-refractivity contribution in [1.29, 1.82) is 0 Å². The van der Waals surface area contributed by atoms with Gasteiger partial charge in [-0.15, -0.1) is 0 Å². The first-order chi connectivity index (χ1) is 7.65. The lowest BCUT2D eigenvalue weighted by atomic mass is 9.94. The van der Waals surface area contributed by atoms with Gasteiger partial charge in [-0.3, -0.25) is 4.79 Å². The molecule has 0 heterocycles. The lowest BCUT2D eigenvalue weighted by Gasteiger charge is -2.23. The molecule has 3 nitrogen and oxygen atoms in total. The minimum atomic E-state index is 0.0433. The van der Waals surface area contributed by atoms with Crippen LogP contribution >= 0.6 is 0 Å². The third-order valence-electron chi connectivity index (χ3n) is 3.52. The summed E-state index contributed by atoms with van der Waals surface area (Å²) in [6, 6.07) is 0.351. The number of nitrogens with two attached hydrogens (primary N) is 1. The minimum absolute atomic E-state index is 0.0433. The topological polar surface area (TPSA) is 55.1 Å². The van der Waals surface area contributed by atoms with Crippen molar-refractivity contribution < 1.29 is 4.79 Å². The van der Waals surface area contributed by atoms with Crippen molar-refractivity contribution >= 4 is 5.91 Å². The van der Waals surface area contributed by atoms with Crippen LogP contribution in [0.4, 0.5) is 0 Å². The molecular weight excluding hydrogens is 200 g/mol. The highest BCUT2D eigenvalue weighted by atomic mass is 16.2. The highest BCUT2D eigenvalue weighted by Gasteiger charge is 2.27. The van der Waals surface area contributed by atoms with Crippen LogP contribution in [0.1, 0.15) is 58.8 Å². The molecule has 1 rings (SSSR count). The maximum absolute atomic E-state index is 12.1. The van der Waals surface area contributed by atoms with E-state index in [1.54, 1.807) is 0 Å². The van der Waals surface area contributed by atoms with E-state index in [0.29, 0.717) is 0 Å². The van der Waals surface area contributed by atoms with Crippen molar-refractivity contribution in [3.8, 4) is 0 Å². The van der Waals surface area contributed by atoms with Crippen molar-refractivity contribution in [2.45, 2.75) is 70.9 Å². The Morgan fingerprint density at radius 3 is 2.75 bits per heavy atom. The molecule has 1 fully saturated rings. The molecule has 3 atom stereocenters. The van der Waals surface area contributed by atoms with Crippen LogP contribution in [-0.4, -0.2) is 18.0 Å². The molecule has 0 bridgehead atoms. The van der Waals surface area contributed by atoms with E-state index in [1.165, 1.54) is 12.8 Å².